The zero-order valence-electron chi connectivity index (χ0n) is 9.25. The molecule has 1 saturated carbocycles. The van der Waals surface area contributed by atoms with E-state index in [-0.39, 0.29) is 5.92 Å². The van der Waals surface area contributed by atoms with Gasteiger partial charge in [-0.1, -0.05) is 0 Å². The van der Waals surface area contributed by atoms with Gasteiger partial charge in [0.1, 0.15) is 5.78 Å². The molecule has 1 aliphatic rings. The highest BCUT2D eigenvalue weighted by molar-refractivity contribution is 14.1. The molecular weight excluding hydrogens is 319 g/mol. The Kier molecular flexibility index (Phi) is 3.37. The number of carbonyl (C=O) groups is 1. The van der Waals surface area contributed by atoms with Gasteiger partial charge in [0.25, 0.3) is 0 Å². The van der Waals surface area contributed by atoms with E-state index >= 15 is 0 Å². The van der Waals surface area contributed by atoms with Gasteiger partial charge in [-0.3, -0.25) is 4.79 Å². The number of ketones is 1. The summed E-state index contributed by atoms with van der Waals surface area (Å²) in [5, 5.41) is 0. The number of carbonyl (C=O) groups excluding carboxylic acids is 1. The van der Waals surface area contributed by atoms with Crippen LogP contribution >= 0.6 is 22.6 Å². The lowest BCUT2D eigenvalue weighted by atomic mass is 9.78. The molecule has 16 heavy (non-hydrogen) atoms. The van der Waals surface area contributed by atoms with Crippen LogP contribution in [-0.2, 0) is 4.79 Å². The van der Waals surface area contributed by atoms with Gasteiger partial charge in [-0.05, 0) is 46.7 Å². The van der Waals surface area contributed by atoms with Crippen LogP contribution in [0.1, 0.15) is 24.3 Å². The topological polar surface area (TPSA) is 35.5 Å². The van der Waals surface area contributed by atoms with Gasteiger partial charge in [-0.25, -0.2) is 0 Å². The van der Waals surface area contributed by atoms with Crippen molar-refractivity contribution in [3.63, 3.8) is 0 Å². The molecule has 0 N–H and O–H groups in total. The minimum Gasteiger partial charge on any atom is -0.493 e. The number of ether oxygens (including phenoxy) is 2. The van der Waals surface area contributed by atoms with E-state index in [0.717, 1.165) is 21.3 Å². The Bertz CT molecular complexity index is 429. The average Bonchev–Trinajstić information content (AvgIpc) is 2.26. The monoisotopic (exact) mass is 332 g/mol. The van der Waals surface area contributed by atoms with Gasteiger partial charge in [0.05, 0.1) is 17.8 Å². The summed E-state index contributed by atoms with van der Waals surface area (Å²) in [6, 6.07) is 3.91. The summed E-state index contributed by atoms with van der Waals surface area (Å²) < 4.78 is 11.5. The molecule has 0 heterocycles. The first-order valence-electron chi connectivity index (χ1n) is 5.11. The summed E-state index contributed by atoms with van der Waals surface area (Å²) in [5.41, 5.74) is 1.04. The van der Waals surface area contributed by atoms with Crippen LogP contribution in [0, 0.1) is 3.57 Å². The van der Waals surface area contributed by atoms with Gasteiger partial charge in [0.2, 0.25) is 0 Å². The fraction of sp³-hybridized carbons (Fsp3) is 0.417. The maximum absolute atomic E-state index is 11.4. The van der Waals surface area contributed by atoms with Crippen LogP contribution in [0.3, 0.4) is 0 Å². The van der Waals surface area contributed by atoms with Crippen molar-refractivity contribution in [1.29, 1.82) is 0 Å². The van der Waals surface area contributed by atoms with Gasteiger partial charge in [0.15, 0.2) is 11.5 Å². The predicted molar refractivity (Wildman–Crippen MR) is 69.2 cm³/mol. The summed E-state index contributed by atoms with van der Waals surface area (Å²) in [7, 11) is 3.23. The molecule has 0 bridgehead atoms. The predicted octanol–water partition coefficient (Wildman–Crippen LogP) is 2.75. The summed E-state index contributed by atoms with van der Waals surface area (Å²) >= 11 is 2.20. The fourth-order valence-electron chi connectivity index (χ4n) is 1.90. The van der Waals surface area contributed by atoms with Crippen molar-refractivity contribution in [3.8, 4) is 11.5 Å². The molecule has 1 fully saturated rings. The third kappa shape index (κ3) is 1.90. The maximum Gasteiger partial charge on any atom is 0.174 e. The van der Waals surface area contributed by atoms with E-state index in [0.29, 0.717) is 18.0 Å². The number of methoxy groups -OCH3 is 2. The maximum atomic E-state index is 11.4. The molecule has 3 nitrogen and oxygen atoms in total. The Morgan fingerprint density at radius 2 is 2.06 bits per heavy atom. The lowest BCUT2D eigenvalue weighted by molar-refractivity contribution is -0.125. The molecule has 4 heteroatoms. The first-order chi connectivity index (χ1) is 7.67. The molecule has 0 aliphatic heterocycles. The second-order valence-electron chi connectivity index (χ2n) is 3.80. The third-order valence-corrected chi connectivity index (χ3v) is 3.73. The summed E-state index contributed by atoms with van der Waals surface area (Å²) in [6.07, 6.45) is 1.65. The first-order valence-corrected chi connectivity index (χ1v) is 6.19. The Balaban J connectivity index is 2.41. The number of benzene rings is 1. The van der Waals surface area contributed by atoms with Crippen molar-refractivity contribution in [2.45, 2.75) is 18.8 Å². The van der Waals surface area contributed by atoms with Gasteiger partial charge < -0.3 is 9.47 Å². The van der Waals surface area contributed by atoms with E-state index in [4.69, 9.17) is 9.47 Å². The Labute approximate surface area is 108 Å². The number of rotatable bonds is 3. The van der Waals surface area contributed by atoms with Gasteiger partial charge in [-0.2, -0.15) is 0 Å². The second-order valence-corrected chi connectivity index (χ2v) is 4.96. The molecule has 0 spiro atoms. The Morgan fingerprint density at radius 3 is 2.50 bits per heavy atom. The number of hydrogen-bond donors (Lipinski definition) is 0. The molecule has 2 rings (SSSR count). The van der Waals surface area contributed by atoms with E-state index in [1.165, 1.54) is 0 Å². The first kappa shape index (κ1) is 11.7. The molecule has 1 aromatic carbocycles. The summed E-state index contributed by atoms with van der Waals surface area (Å²) in [4.78, 5) is 11.4. The molecule has 0 radical (unpaired) electrons. The van der Waals surface area contributed by atoms with E-state index in [1.54, 1.807) is 14.2 Å². The molecule has 1 atom stereocenters. The number of Topliss-reactive ketones (excluding diaryl/α,β-unsaturated/α-hetero) is 1. The Hall–Kier alpha value is -0.780. The van der Waals surface area contributed by atoms with Crippen molar-refractivity contribution in [2.24, 2.45) is 0 Å². The van der Waals surface area contributed by atoms with Crippen molar-refractivity contribution in [3.05, 3.63) is 21.3 Å². The standard InChI is InChI=1S/C12H13IO3/c1-15-11-6-7(8-3-4-10(8)14)5-9(13)12(11)16-2/h5-6,8H,3-4H2,1-2H3. The van der Waals surface area contributed by atoms with Crippen LogP contribution in [0.2, 0.25) is 0 Å². The van der Waals surface area contributed by atoms with Crippen LogP contribution in [0.25, 0.3) is 0 Å². The van der Waals surface area contributed by atoms with Gasteiger partial charge in [0, 0.05) is 12.3 Å². The highest BCUT2D eigenvalue weighted by Crippen LogP contribution is 2.40. The van der Waals surface area contributed by atoms with Crippen LogP contribution in [-0.4, -0.2) is 20.0 Å². The molecule has 1 unspecified atom stereocenters. The normalized spacial score (nSPS) is 19.2. The van der Waals surface area contributed by atoms with Crippen molar-refractivity contribution >= 4 is 28.4 Å². The summed E-state index contributed by atoms with van der Waals surface area (Å²) in [5.74, 6) is 1.82. The van der Waals surface area contributed by atoms with Crippen LogP contribution in [0.5, 0.6) is 11.5 Å². The van der Waals surface area contributed by atoms with Crippen molar-refractivity contribution in [1.82, 2.24) is 0 Å². The number of hydrogen-bond acceptors (Lipinski definition) is 3. The van der Waals surface area contributed by atoms with E-state index in [9.17, 15) is 4.79 Å². The minimum atomic E-state index is 0.0633. The van der Waals surface area contributed by atoms with Crippen molar-refractivity contribution < 1.29 is 14.3 Å². The van der Waals surface area contributed by atoms with Crippen molar-refractivity contribution in [2.75, 3.05) is 14.2 Å². The minimum absolute atomic E-state index is 0.0633. The quantitative estimate of drug-likeness (QED) is 0.799. The average molecular weight is 332 g/mol. The molecular formula is C12H13IO3. The number of halogens is 1. The van der Waals surface area contributed by atoms with E-state index in [1.807, 2.05) is 12.1 Å². The lowest BCUT2D eigenvalue weighted by Gasteiger charge is -2.25. The smallest absolute Gasteiger partial charge is 0.174 e. The highest BCUT2D eigenvalue weighted by atomic mass is 127. The molecule has 0 aromatic heterocycles. The van der Waals surface area contributed by atoms with Crippen LogP contribution in [0.15, 0.2) is 12.1 Å². The van der Waals surface area contributed by atoms with E-state index < -0.39 is 0 Å². The largest absolute Gasteiger partial charge is 0.493 e. The van der Waals surface area contributed by atoms with Crippen LogP contribution < -0.4 is 9.47 Å². The molecule has 86 valence electrons. The molecule has 0 saturated heterocycles. The highest BCUT2D eigenvalue weighted by Gasteiger charge is 2.30. The Morgan fingerprint density at radius 1 is 1.31 bits per heavy atom. The zero-order chi connectivity index (χ0) is 11.7. The summed E-state index contributed by atoms with van der Waals surface area (Å²) in [6.45, 7) is 0. The second kappa shape index (κ2) is 4.61. The fourth-order valence-corrected chi connectivity index (χ4v) is 2.74. The molecule has 0 amide bonds. The molecule has 1 aliphatic carbocycles. The van der Waals surface area contributed by atoms with E-state index in [2.05, 4.69) is 22.6 Å². The van der Waals surface area contributed by atoms with Crippen LogP contribution in [0.4, 0.5) is 0 Å². The zero-order valence-corrected chi connectivity index (χ0v) is 11.4. The lowest BCUT2D eigenvalue weighted by Crippen LogP contribution is -2.23. The molecule has 1 aromatic rings. The SMILES string of the molecule is COc1cc(C2CCC2=O)cc(I)c1OC. The van der Waals surface area contributed by atoms with Gasteiger partial charge in [-0.15, -0.1) is 0 Å². The third-order valence-electron chi connectivity index (χ3n) is 2.93. The van der Waals surface area contributed by atoms with Gasteiger partial charge >= 0.3 is 0 Å².